The number of hydrazine groups is 1. The number of nitrogens with zero attached hydrogens (tertiary/aromatic N) is 1. The van der Waals surface area contributed by atoms with E-state index in [4.69, 9.17) is 26.9 Å². The third kappa shape index (κ3) is 3.21. The van der Waals surface area contributed by atoms with Gasteiger partial charge in [0.25, 0.3) is 0 Å². The Labute approximate surface area is 126 Å². The standard InChI is InChI=1S/C13H16ClN3O2S/c1-18-11-6-8(5-9(14)13(11)19-2)10(17-15)7-12-16-3-4-20-12/h3-6,10,17H,7,15H2,1-2H3. The van der Waals surface area contributed by atoms with Crippen molar-refractivity contribution < 1.29 is 9.47 Å². The Morgan fingerprint density at radius 2 is 2.20 bits per heavy atom. The van der Waals surface area contributed by atoms with Gasteiger partial charge in [0.05, 0.1) is 30.3 Å². The number of benzene rings is 1. The summed E-state index contributed by atoms with van der Waals surface area (Å²) in [7, 11) is 3.13. The monoisotopic (exact) mass is 313 g/mol. The molecule has 0 fully saturated rings. The number of hydrogen-bond donors (Lipinski definition) is 2. The van der Waals surface area contributed by atoms with E-state index in [2.05, 4.69) is 10.4 Å². The molecule has 3 N–H and O–H groups in total. The molecule has 0 aliphatic rings. The number of nitrogens with two attached hydrogens (primary N) is 1. The van der Waals surface area contributed by atoms with E-state index in [0.717, 1.165) is 10.6 Å². The molecular weight excluding hydrogens is 298 g/mol. The summed E-state index contributed by atoms with van der Waals surface area (Å²) in [5.41, 5.74) is 3.71. The SMILES string of the molecule is COc1cc(C(Cc2nccs2)NN)cc(Cl)c1OC. The zero-order valence-electron chi connectivity index (χ0n) is 11.2. The zero-order valence-corrected chi connectivity index (χ0v) is 12.8. The highest BCUT2D eigenvalue weighted by Crippen LogP contribution is 2.38. The maximum atomic E-state index is 6.21. The van der Waals surface area contributed by atoms with E-state index in [1.807, 2.05) is 17.5 Å². The fraction of sp³-hybridized carbons (Fsp3) is 0.308. The lowest BCUT2D eigenvalue weighted by atomic mass is 10.0. The van der Waals surface area contributed by atoms with Crippen molar-refractivity contribution in [2.45, 2.75) is 12.5 Å². The topological polar surface area (TPSA) is 69.4 Å². The smallest absolute Gasteiger partial charge is 0.179 e. The Kier molecular flexibility index (Phi) is 5.19. The molecule has 2 rings (SSSR count). The number of hydrogen-bond acceptors (Lipinski definition) is 6. The third-order valence-electron chi connectivity index (χ3n) is 2.92. The fourth-order valence-electron chi connectivity index (χ4n) is 1.94. The highest BCUT2D eigenvalue weighted by atomic mass is 35.5. The normalized spacial score (nSPS) is 12.2. The summed E-state index contributed by atoms with van der Waals surface area (Å²) in [6, 6.07) is 3.59. The summed E-state index contributed by atoms with van der Waals surface area (Å²) in [5.74, 6) is 6.74. The van der Waals surface area contributed by atoms with Crippen LogP contribution in [-0.2, 0) is 6.42 Å². The van der Waals surface area contributed by atoms with Crippen LogP contribution in [0.4, 0.5) is 0 Å². The van der Waals surface area contributed by atoms with Crippen LogP contribution in [0.3, 0.4) is 0 Å². The maximum Gasteiger partial charge on any atom is 0.179 e. The average Bonchev–Trinajstić information content (AvgIpc) is 2.96. The Morgan fingerprint density at radius 3 is 2.75 bits per heavy atom. The van der Waals surface area contributed by atoms with Crippen molar-refractivity contribution in [3.8, 4) is 11.5 Å². The second-order valence-electron chi connectivity index (χ2n) is 4.09. The number of thiazole rings is 1. The molecule has 1 atom stereocenters. The van der Waals surface area contributed by atoms with Gasteiger partial charge in [-0.3, -0.25) is 11.3 Å². The van der Waals surface area contributed by atoms with Gasteiger partial charge in [-0.2, -0.15) is 0 Å². The van der Waals surface area contributed by atoms with Gasteiger partial charge < -0.3 is 9.47 Å². The molecule has 1 aromatic carbocycles. The predicted octanol–water partition coefficient (Wildman–Crippen LogP) is 2.56. The van der Waals surface area contributed by atoms with Crippen LogP contribution >= 0.6 is 22.9 Å². The number of halogens is 1. The lowest BCUT2D eigenvalue weighted by Crippen LogP contribution is -2.29. The molecule has 0 saturated heterocycles. The number of nitrogens with one attached hydrogen (secondary N) is 1. The van der Waals surface area contributed by atoms with Crippen LogP contribution < -0.4 is 20.7 Å². The molecule has 7 heteroatoms. The molecule has 0 spiro atoms. The molecule has 0 radical (unpaired) electrons. The Balaban J connectivity index is 2.32. The largest absolute Gasteiger partial charge is 0.493 e. The van der Waals surface area contributed by atoms with E-state index in [0.29, 0.717) is 22.9 Å². The van der Waals surface area contributed by atoms with Crippen LogP contribution in [0.15, 0.2) is 23.7 Å². The van der Waals surface area contributed by atoms with Crippen LogP contribution in [0.2, 0.25) is 5.02 Å². The van der Waals surface area contributed by atoms with E-state index in [9.17, 15) is 0 Å². The molecule has 1 aromatic heterocycles. The molecule has 0 bridgehead atoms. The Morgan fingerprint density at radius 1 is 1.40 bits per heavy atom. The average molecular weight is 314 g/mol. The van der Waals surface area contributed by atoms with E-state index < -0.39 is 0 Å². The van der Waals surface area contributed by atoms with E-state index in [1.54, 1.807) is 31.8 Å². The van der Waals surface area contributed by atoms with Gasteiger partial charge in [-0.25, -0.2) is 4.98 Å². The van der Waals surface area contributed by atoms with Crippen LogP contribution in [0.1, 0.15) is 16.6 Å². The summed E-state index contributed by atoms with van der Waals surface area (Å²) in [4.78, 5) is 4.26. The highest BCUT2D eigenvalue weighted by molar-refractivity contribution is 7.09. The summed E-state index contributed by atoms with van der Waals surface area (Å²) < 4.78 is 10.5. The summed E-state index contributed by atoms with van der Waals surface area (Å²) in [5, 5.41) is 3.42. The van der Waals surface area contributed by atoms with Gasteiger partial charge in [0.15, 0.2) is 11.5 Å². The van der Waals surface area contributed by atoms with E-state index in [1.165, 1.54) is 0 Å². The predicted molar refractivity (Wildman–Crippen MR) is 80.4 cm³/mol. The number of rotatable bonds is 6. The van der Waals surface area contributed by atoms with Crippen molar-refractivity contribution >= 4 is 22.9 Å². The second kappa shape index (κ2) is 6.90. The van der Waals surface area contributed by atoms with Gasteiger partial charge in [-0.05, 0) is 17.7 Å². The van der Waals surface area contributed by atoms with Crippen molar-refractivity contribution in [1.29, 1.82) is 0 Å². The molecule has 0 saturated carbocycles. The zero-order chi connectivity index (χ0) is 14.5. The van der Waals surface area contributed by atoms with Gasteiger partial charge in [0, 0.05) is 18.0 Å². The minimum atomic E-state index is -0.0987. The van der Waals surface area contributed by atoms with E-state index in [-0.39, 0.29) is 6.04 Å². The van der Waals surface area contributed by atoms with Crippen LogP contribution in [0.25, 0.3) is 0 Å². The van der Waals surface area contributed by atoms with Crippen molar-refractivity contribution in [2.24, 2.45) is 5.84 Å². The molecule has 0 aliphatic carbocycles. The summed E-state index contributed by atoms with van der Waals surface area (Å²) in [6.07, 6.45) is 2.45. The highest BCUT2D eigenvalue weighted by Gasteiger charge is 2.17. The molecule has 0 amide bonds. The first-order chi connectivity index (χ1) is 9.69. The molecular formula is C13H16ClN3O2S. The Bertz CT molecular complexity index is 563. The summed E-state index contributed by atoms with van der Waals surface area (Å²) in [6.45, 7) is 0. The molecule has 2 aromatic rings. The van der Waals surface area contributed by atoms with Crippen molar-refractivity contribution in [3.05, 3.63) is 39.3 Å². The van der Waals surface area contributed by atoms with E-state index >= 15 is 0 Å². The molecule has 1 heterocycles. The lowest BCUT2D eigenvalue weighted by Gasteiger charge is -2.18. The molecule has 108 valence electrons. The molecule has 5 nitrogen and oxygen atoms in total. The first kappa shape index (κ1) is 15.1. The van der Waals surface area contributed by atoms with Gasteiger partial charge in [0.2, 0.25) is 0 Å². The van der Waals surface area contributed by atoms with Crippen LogP contribution in [-0.4, -0.2) is 19.2 Å². The van der Waals surface area contributed by atoms with Gasteiger partial charge in [0.1, 0.15) is 0 Å². The van der Waals surface area contributed by atoms with Crippen molar-refractivity contribution in [3.63, 3.8) is 0 Å². The first-order valence-electron chi connectivity index (χ1n) is 5.95. The van der Waals surface area contributed by atoms with Gasteiger partial charge >= 0.3 is 0 Å². The quantitative estimate of drug-likeness (QED) is 0.633. The molecule has 20 heavy (non-hydrogen) atoms. The van der Waals surface area contributed by atoms with Gasteiger partial charge in [-0.1, -0.05) is 11.6 Å². The first-order valence-corrected chi connectivity index (χ1v) is 7.21. The number of aromatic nitrogens is 1. The number of ether oxygens (including phenoxy) is 2. The van der Waals surface area contributed by atoms with Gasteiger partial charge in [-0.15, -0.1) is 11.3 Å². The molecule has 1 unspecified atom stereocenters. The minimum absolute atomic E-state index is 0.0987. The third-order valence-corrected chi connectivity index (χ3v) is 4.00. The van der Waals surface area contributed by atoms with Crippen LogP contribution in [0, 0.1) is 0 Å². The molecule has 0 aliphatic heterocycles. The van der Waals surface area contributed by atoms with Crippen molar-refractivity contribution in [1.82, 2.24) is 10.4 Å². The maximum absolute atomic E-state index is 6.21. The Hall–Kier alpha value is -1.34. The number of methoxy groups -OCH3 is 2. The summed E-state index contributed by atoms with van der Waals surface area (Å²) >= 11 is 7.80. The second-order valence-corrected chi connectivity index (χ2v) is 5.47. The van der Waals surface area contributed by atoms with Crippen LogP contribution in [0.5, 0.6) is 11.5 Å². The fourth-order valence-corrected chi connectivity index (χ4v) is 2.90. The van der Waals surface area contributed by atoms with Crippen molar-refractivity contribution in [2.75, 3.05) is 14.2 Å². The minimum Gasteiger partial charge on any atom is -0.493 e. The lowest BCUT2D eigenvalue weighted by molar-refractivity contribution is 0.354.